The van der Waals surface area contributed by atoms with E-state index in [0.29, 0.717) is 0 Å². The third kappa shape index (κ3) is 1.21. The van der Waals surface area contributed by atoms with Gasteiger partial charge in [-0.2, -0.15) is 0 Å². The lowest BCUT2D eigenvalue weighted by Gasteiger charge is -2.23. The van der Waals surface area contributed by atoms with Gasteiger partial charge < -0.3 is 11.1 Å². The predicted molar refractivity (Wildman–Crippen MR) is 39.2 cm³/mol. The quantitative estimate of drug-likeness (QED) is 0.448. The maximum Gasteiger partial charge on any atom is 0.266 e. The zero-order valence-electron chi connectivity index (χ0n) is 5.47. The van der Waals surface area contributed by atoms with E-state index in [4.69, 9.17) is 17.3 Å². The molecular weight excluding hydrogens is 171 g/mol. The van der Waals surface area contributed by atoms with Crippen molar-refractivity contribution in [2.24, 2.45) is 5.73 Å². The Labute approximate surface area is 67.7 Å². The van der Waals surface area contributed by atoms with Gasteiger partial charge in [0.15, 0.2) is 5.83 Å². The number of dihydropyridines is 1. The Kier molecular flexibility index (Phi) is 1.87. The number of halogens is 2. The van der Waals surface area contributed by atoms with E-state index in [0.717, 1.165) is 6.08 Å². The predicted octanol–water partition coefficient (Wildman–Crippen LogP) is 0.377. The number of rotatable bonds is 1. The van der Waals surface area contributed by atoms with Crippen molar-refractivity contribution in [3.05, 3.63) is 24.2 Å². The highest BCUT2D eigenvalue weighted by Gasteiger charge is 2.39. The molecule has 0 aliphatic carbocycles. The number of carbonyl (C=O) groups excluding carboxylic acids is 1. The van der Waals surface area contributed by atoms with Crippen LogP contribution in [0, 0.1) is 0 Å². The van der Waals surface area contributed by atoms with Crippen LogP contribution in [-0.4, -0.2) is 10.9 Å². The number of carbonyl (C=O) groups is 1. The van der Waals surface area contributed by atoms with Crippen LogP contribution in [0.2, 0.25) is 0 Å². The maximum absolute atomic E-state index is 12.8. The molecule has 1 aliphatic rings. The molecule has 0 aromatic heterocycles. The van der Waals surface area contributed by atoms with E-state index in [9.17, 15) is 9.18 Å². The van der Waals surface area contributed by atoms with Crippen LogP contribution in [0.15, 0.2) is 24.2 Å². The minimum atomic E-state index is -1.89. The molecule has 0 radical (unpaired) electrons. The van der Waals surface area contributed by atoms with Gasteiger partial charge in [-0.05, 0) is 18.4 Å². The smallest absolute Gasteiger partial charge is 0.266 e. The summed E-state index contributed by atoms with van der Waals surface area (Å²) in [4.78, 5) is 8.71. The fourth-order valence-corrected chi connectivity index (χ4v) is 0.794. The number of nitrogens with two attached hydrogens (primary N) is 1. The van der Waals surface area contributed by atoms with Crippen molar-refractivity contribution in [2.75, 3.05) is 0 Å². The summed E-state index contributed by atoms with van der Waals surface area (Å²) in [5.74, 6) is -1.76. The summed E-state index contributed by atoms with van der Waals surface area (Å²) in [6.07, 6.45) is 3.81. The van der Waals surface area contributed by atoms with Crippen molar-refractivity contribution in [1.29, 1.82) is 0 Å². The third-order valence-corrected chi connectivity index (χ3v) is 1.77. The SMILES string of the molecule is NC(=O)C1(Cl)NC=CC=C1F. The number of allylic oxidation sites excluding steroid dienone is 2. The number of nitrogens with one attached hydrogen (secondary N) is 1. The molecule has 3 N–H and O–H groups in total. The van der Waals surface area contributed by atoms with Gasteiger partial charge in [0.1, 0.15) is 0 Å². The molecule has 1 amide bonds. The summed E-state index contributed by atoms with van der Waals surface area (Å²) < 4.78 is 12.8. The van der Waals surface area contributed by atoms with Crippen LogP contribution in [0.4, 0.5) is 4.39 Å². The Balaban J connectivity index is 2.97. The van der Waals surface area contributed by atoms with Crippen molar-refractivity contribution in [2.45, 2.75) is 5.00 Å². The minimum absolute atomic E-state index is 0.797. The first-order valence-electron chi connectivity index (χ1n) is 2.86. The molecule has 1 aliphatic heterocycles. The fraction of sp³-hybridized carbons (Fsp3) is 0.167. The van der Waals surface area contributed by atoms with Crippen LogP contribution in [0.1, 0.15) is 0 Å². The molecule has 60 valence electrons. The molecule has 1 heterocycles. The van der Waals surface area contributed by atoms with E-state index >= 15 is 0 Å². The van der Waals surface area contributed by atoms with Crippen molar-refractivity contribution in [3.8, 4) is 0 Å². The first-order chi connectivity index (χ1) is 5.07. The molecule has 0 aromatic carbocycles. The van der Waals surface area contributed by atoms with Gasteiger partial charge in [0.05, 0.1) is 0 Å². The lowest BCUT2D eigenvalue weighted by molar-refractivity contribution is -0.120. The largest absolute Gasteiger partial charge is 0.366 e. The summed E-state index contributed by atoms with van der Waals surface area (Å²) in [5, 5.41) is 2.31. The number of amides is 1. The Morgan fingerprint density at radius 1 is 1.82 bits per heavy atom. The van der Waals surface area contributed by atoms with E-state index in [1.54, 1.807) is 0 Å². The highest BCUT2D eigenvalue weighted by atomic mass is 35.5. The molecule has 1 atom stereocenters. The molecule has 0 spiro atoms. The third-order valence-electron chi connectivity index (χ3n) is 1.29. The summed E-state index contributed by atoms with van der Waals surface area (Å²) in [6, 6.07) is 0. The first-order valence-corrected chi connectivity index (χ1v) is 3.24. The van der Waals surface area contributed by atoms with Crippen LogP contribution in [0.3, 0.4) is 0 Å². The van der Waals surface area contributed by atoms with Gasteiger partial charge in [0, 0.05) is 0 Å². The maximum atomic E-state index is 12.8. The molecule has 1 rings (SSSR count). The molecule has 3 nitrogen and oxygen atoms in total. The van der Waals surface area contributed by atoms with Gasteiger partial charge in [-0.3, -0.25) is 4.79 Å². The average Bonchev–Trinajstić information content (AvgIpc) is 1.95. The van der Waals surface area contributed by atoms with Crippen LogP contribution in [0.25, 0.3) is 0 Å². The number of hydrogen-bond donors (Lipinski definition) is 2. The van der Waals surface area contributed by atoms with Crippen molar-refractivity contribution in [3.63, 3.8) is 0 Å². The Bertz CT molecular complexity index is 251. The van der Waals surface area contributed by atoms with Crippen LogP contribution in [0.5, 0.6) is 0 Å². The Morgan fingerprint density at radius 2 is 2.45 bits per heavy atom. The molecule has 11 heavy (non-hydrogen) atoms. The van der Waals surface area contributed by atoms with E-state index < -0.39 is 16.7 Å². The fourth-order valence-electron chi connectivity index (χ4n) is 0.668. The molecule has 0 saturated carbocycles. The molecule has 0 aromatic rings. The average molecular weight is 177 g/mol. The zero-order valence-corrected chi connectivity index (χ0v) is 6.23. The molecule has 0 fully saturated rings. The molecule has 0 saturated heterocycles. The van der Waals surface area contributed by atoms with Crippen LogP contribution in [-0.2, 0) is 4.79 Å². The molecule has 0 bridgehead atoms. The number of hydrogen-bond acceptors (Lipinski definition) is 2. The summed E-state index contributed by atoms with van der Waals surface area (Å²) in [6.45, 7) is 0. The zero-order chi connectivity index (χ0) is 8.48. The second-order valence-electron chi connectivity index (χ2n) is 2.04. The molecular formula is C6H6ClFN2O. The summed E-state index contributed by atoms with van der Waals surface area (Å²) in [5.41, 5.74) is 4.84. The summed E-state index contributed by atoms with van der Waals surface area (Å²) in [7, 11) is 0. The number of alkyl halides is 1. The highest BCUT2D eigenvalue weighted by molar-refractivity contribution is 6.36. The van der Waals surface area contributed by atoms with Crippen LogP contribution >= 0.6 is 11.6 Å². The standard InChI is InChI=1S/C6H6ClFN2O/c7-6(5(9)11)4(8)2-1-3-10-6/h1-3,10H,(H2,9,11). The van der Waals surface area contributed by atoms with E-state index in [1.165, 1.54) is 12.3 Å². The van der Waals surface area contributed by atoms with E-state index in [1.807, 2.05) is 0 Å². The van der Waals surface area contributed by atoms with E-state index in [-0.39, 0.29) is 0 Å². The van der Waals surface area contributed by atoms with Gasteiger partial charge >= 0.3 is 0 Å². The van der Waals surface area contributed by atoms with Gasteiger partial charge in [-0.25, -0.2) is 4.39 Å². The normalized spacial score (nSPS) is 29.1. The van der Waals surface area contributed by atoms with Gasteiger partial charge in [0.2, 0.25) is 5.00 Å². The van der Waals surface area contributed by atoms with Crippen molar-refractivity contribution >= 4 is 17.5 Å². The molecule has 1 unspecified atom stereocenters. The van der Waals surface area contributed by atoms with Gasteiger partial charge in [-0.1, -0.05) is 11.6 Å². The Morgan fingerprint density at radius 3 is 2.82 bits per heavy atom. The summed E-state index contributed by atoms with van der Waals surface area (Å²) >= 11 is 5.48. The monoisotopic (exact) mass is 176 g/mol. The highest BCUT2D eigenvalue weighted by Crippen LogP contribution is 2.25. The van der Waals surface area contributed by atoms with Gasteiger partial charge in [-0.15, -0.1) is 0 Å². The Hall–Kier alpha value is -1.03. The minimum Gasteiger partial charge on any atom is -0.366 e. The second kappa shape index (κ2) is 2.54. The number of primary amides is 1. The topological polar surface area (TPSA) is 55.1 Å². The second-order valence-corrected chi connectivity index (χ2v) is 2.61. The lowest BCUT2D eigenvalue weighted by Crippen LogP contribution is -2.50. The molecule has 5 heteroatoms. The first kappa shape index (κ1) is 8.07. The lowest BCUT2D eigenvalue weighted by atomic mass is 10.2. The van der Waals surface area contributed by atoms with Crippen LogP contribution < -0.4 is 11.1 Å². The van der Waals surface area contributed by atoms with E-state index in [2.05, 4.69) is 5.32 Å². The van der Waals surface area contributed by atoms with Crippen molar-refractivity contribution in [1.82, 2.24) is 5.32 Å². The van der Waals surface area contributed by atoms with Crippen molar-refractivity contribution < 1.29 is 9.18 Å². The van der Waals surface area contributed by atoms with Gasteiger partial charge in [0.25, 0.3) is 5.91 Å².